The van der Waals surface area contributed by atoms with Gasteiger partial charge in [-0.2, -0.15) is 0 Å². The molecule has 1 amide bonds. The summed E-state index contributed by atoms with van der Waals surface area (Å²) < 4.78 is 37.7. The quantitative estimate of drug-likeness (QED) is 0.322. The molecule has 190 valence electrons. The number of hydrogen-bond acceptors (Lipinski definition) is 5. The lowest BCUT2D eigenvalue weighted by atomic mass is 10.0. The first-order valence-electron chi connectivity index (χ1n) is 10.8. The summed E-state index contributed by atoms with van der Waals surface area (Å²) in [6.07, 6.45) is 0.963. The normalized spacial score (nSPS) is 12.3. The number of nitrogens with one attached hydrogen (secondary N) is 1. The molecule has 0 aliphatic heterocycles. The van der Waals surface area contributed by atoms with Crippen LogP contribution in [0.25, 0.3) is 22.2 Å². The van der Waals surface area contributed by atoms with E-state index >= 15 is 0 Å². The molecule has 0 saturated heterocycles. The summed E-state index contributed by atoms with van der Waals surface area (Å²) in [5.74, 6) is -2.52. The van der Waals surface area contributed by atoms with Crippen LogP contribution < -0.4 is 5.32 Å². The first-order valence-corrected chi connectivity index (χ1v) is 13.5. The molecule has 0 radical (unpaired) electrons. The molecule has 11 heteroatoms. The highest BCUT2D eigenvalue weighted by Gasteiger charge is 2.23. The Bertz CT molecular complexity index is 1640. The summed E-state index contributed by atoms with van der Waals surface area (Å²) >= 11 is 12.2. The topological polar surface area (TPSA) is 113 Å². The van der Waals surface area contributed by atoms with Crippen LogP contribution in [0.2, 0.25) is 10.0 Å². The SMILES string of the molecule is CS(=O)(=O)c1ccc(C(=O)NC(Cc2ccc3nc(-c4c(F)cccc4Cl)ccc3c2)C(=O)O)c(Cl)c1. The number of aromatic nitrogens is 1. The Hall–Kier alpha value is -3.53. The van der Waals surface area contributed by atoms with Crippen LogP contribution in [0.4, 0.5) is 4.39 Å². The fourth-order valence-corrected chi connectivity index (χ4v) is 5.00. The molecular formula is C26H19Cl2FN2O5S. The summed E-state index contributed by atoms with van der Waals surface area (Å²) in [4.78, 5) is 29.0. The number of carbonyl (C=O) groups is 2. The average molecular weight is 561 g/mol. The zero-order chi connectivity index (χ0) is 26.9. The number of nitrogens with zero attached hydrogens (tertiary/aromatic N) is 1. The minimum atomic E-state index is -3.53. The third kappa shape index (κ3) is 5.90. The molecule has 37 heavy (non-hydrogen) atoms. The second kappa shape index (κ2) is 10.5. The Balaban J connectivity index is 1.56. The molecular weight excluding hydrogens is 542 g/mol. The largest absolute Gasteiger partial charge is 0.480 e. The highest BCUT2D eigenvalue weighted by molar-refractivity contribution is 7.90. The maximum atomic E-state index is 14.3. The van der Waals surface area contributed by atoms with Gasteiger partial charge in [0.1, 0.15) is 11.9 Å². The summed E-state index contributed by atoms with van der Waals surface area (Å²) in [5.41, 5.74) is 1.65. The Morgan fingerprint density at radius 3 is 2.43 bits per heavy atom. The second-order valence-corrected chi connectivity index (χ2v) is 11.1. The van der Waals surface area contributed by atoms with Crippen LogP contribution in [-0.2, 0) is 21.1 Å². The number of pyridine rings is 1. The molecule has 1 heterocycles. The lowest BCUT2D eigenvalue weighted by Crippen LogP contribution is -2.42. The summed E-state index contributed by atoms with van der Waals surface area (Å²) in [5, 5.41) is 12.9. The monoisotopic (exact) mass is 560 g/mol. The van der Waals surface area contributed by atoms with Crippen molar-refractivity contribution in [2.45, 2.75) is 17.4 Å². The Morgan fingerprint density at radius 1 is 1.03 bits per heavy atom. The van der Waals surface area contributed by atoms with Crippen molar-refractivity contribution in [3.8, 4) is 11.3 Å². The summed E-state index contributed by atoms with van der Waals surface area (Å²) in [6.45, 7) is 0. The van der Waals surface area contributed by atoms with E-state index in [0.717, 1.165) is 12.3 Å². The zero-order valence-corrected chi connectivity index (χ0v) is 21.5. The van der Waals surface area contributed by atoms with Crippen LogP contribution in [0.5, 0.6) is 0 Å². The number of fused-ring (bicyclic) bond motifs is 1. The van der Waals surface area contributed by atoms with Crippen LogP contribution in [0.15, 0.2) is 71.6 Å². The third-order valence-corrected chi connectivity index (χ3v) is 7.37. The number of benzene rings is 3. The van der Waals surface area contributed by atoms with E-state index in [9.17, 15) is 27.5 Å². The molecule has 0 spiro atoms. The van der Waals surface area contributed by atoms with E-state index in [-0.39, 0.29) is 32.5 Å². The minimum absolute atomic E-state index is 0.0447. The second-order valence-electron chi connectivity index (χ2n) is 8.30. The number of rotatable bonds is 7. The Labute approximate surface area is 221 Å². The van der Waals surface area contributed by atoms with E-state index in [1.54, 1.807) is 36.4 Å². The zero-order valence-electron chi connectivity index (χ0n) is 19.2. The molecule has 1 atom stereocenters. The average Bonchev–Trinajstić information content (AvgIpc) is 2.82. The van der Waals surface area contributed by atoms with Crippen LogP contribution in [0, 0.1) is 5.82 Å². The number of carboxylic acid groups (broad SMARTS) is 1. The van der Waals surface area contributed by atoms with Gasteiger partial charge < -0.3 is 10.4 Å². The van der Waals surface area contributed by atoms with Gasteiger partial charge in [-0.3, -0.25) is 4.79 Å². The molecule has 0 aliphatic carbocycles. The van der Waals surface area contributed by atoms with E-state index in [0.29, 0.717) is 22.2 Å². The summed E-state index contributed by atoms with van der Waals surface area (Å²) in [6, 6.07) is 15.1. The van der Waals surface area contributed by atoms with Crippen molar-refractivity contribution >= 4 is 55.8 Å². The molecule has 2 N–H and O–H groups in total. The van der Waals surface area contributed by atoms with Gasteiger partial charge in [0.05, 0.1) is 37.3 Å². The first kappa shape index (κ1) is 26.5. The molecule has 7 nitrogen and oxygen atoms in total. The van der Waals surface area contributed by atoms with Gasteiger partial charge in [-0.15, -0.1) is 0 Å². The molecule has 0 fully saturated rings. The van der Waals surface area contributed by atoms with Crippen LogP contribution in [0.3, 0.4) is 0 Å². The maximum Gasteiger partial charge on any atom is 0.326 e. The van der Waals surface area contributed by atoms with E-state index < -0.39 is 33.6 Å². The van der Waals surface area contributed by atoms with Crippen molar-refractivity contribution in [3.63, 3.8) is 0 Å². The molecule has 4 rings (SSSR count). The molecule has 1 aromatic heterocycles. The highest BCUT2D eigenvalue weighted by Crippen LogP contribution is 2.30. The summed E-state index contributed by atoms with van der Waals surface area (Å²) in [7, 11) is -3.53. The van der Waals surface area contributed by atoms with Gasteiger partial charge in [0.25, 0.3) is 5.91 Å². The van der Waals surface area contributed by atoms with Crippen molar-refractivity contribution in [1.82, 2.24) is 10.3 Å². The fourth-order valence-electron chi connectivity index (χ4n) is 3.77. The van der Waals surface area contributed by atoms with Gasteiger partial charge in [0.15, 0.2) is 9.84 Å². The van der Waals surface area contributed by atoms with Gasteiger partial charge in [0, 0.05) is 18.1 Å². The maximum absolute atomic E-state index is 14.3. The van der Waals surface area contributed by atoms with Crippen LogP contribution >= 0.6 is 23.2 Å². The molecule has 0 bridgehead atoms. The highest BCUT2D eigenvalue weighted by atomic mass is 35.5. The van der Waals surface area contributed by atoms with Gasteiger partial charge in [-0.05, 0) is 54.1 Å². The molecule has 3 aromatic carbocycles. The predicted octanol–water partition coefficient (Wildman–Crippen LogP) is 5.18. The van der Waals surface area contributed by atoms with E-state index in [1.165, 1.54) is 24.3 Å². The van der Waals surface area contributed by atoms with Gasteiger partial charge >= 0.3 is 5.97 Å². The van der Waals surface area contributed by atoms with Gasteiger partial charge in [-0.1, -0.05) is 41.4 Å². The van der Waals surface area contributed by atoms with E-state index in [4.69, 9.17) is 23.2 Å². The fraction of sp³-hybridized carbons (Fsp3) is 0.115. The van der Waals surface area contributed by atoms with Gasteiger partial charge in [0.2, 0.25) is 0 Å². The molecule has 4 aromatic rings. The third-order valence-electron chi connectivity index (χ3n) is 5.63. The van der Waals surface area contributed by atoms with E-state index in [1.807, 2.05) is 0 Å². The van der Waals surface area contributed by atoms with Crippen molar-refractivity contribution in [2.75, 3.05) is 6.26 Å². The molecule has 1 unspecified atom stereocenters. The molecule has 0 saturated carbocycles. The Morgan fingerprint density at radius 2 is 1.78 bits per heavy atom. The number of carboxylic acids is 1. The standard InChI is InChI=1S/C26H19Cl2FN2O5S/c1-37(35,36)16-7-8-17(19(28)13-16)25(32)31-23(26(33)34)12-14-5-9-21-15(11-14)6-10-22(30-21)24-18(27)3-2-4-20(24)29/h2-11,13,23H,12H2,1H3,(H,31,32)(H,33,34). The number of hydrogen-bond donors (Lipinski definition) is 2. The Kier molecular flexibility index (Phi) is 7.49. The number of aliphatic carboxylic acids is 1. The van der Waals surface area contributed by atoms with Crippen molar-refractivity contribution in [3.05, 3.63) is 93.7 Å². The number of carbonyl (C=O) groups excluding carboxylic acids is 1. The lowest BCUT2D eigenvalue weighted by molar-refractivity contribution is -0.139. The van der Waals surface area contributed by atoms with Crippen molar-refractivity contribution < 1.29 is 27.5 Å². The number of sulfone groups is 1. The minimum Gasteiger partial charge on any atom is -0.480 e. The van der Waals surface area contributed by atoms with Crippen LogP contribution in [0.1, 0.15) is 15.9 Å². The lowest BCUT2D eigenvalue weighted by Gasteiger charge is -2.16. The smallest absolute Gasteiger partial charge is 0.326 e. The van der Waals surface area contributed by atoms with Crippen molar-refractivity contribution in [1.29, 1.82) is 0 Å². The number of amides is 1. The predicted molar refractivity (Wildman–Crippen MR) is 139 cm³/mol. The number of halogens is 3. The van der Waals surface area contributed by atoms with Crippen LogP contribution in [-0.4, -0.2) is 42.7 Å². The van der Waals surface area contributed by atoms with Gasteiger partial charge in [-0.25, -0.2) is 22.6 Å². The van der Waals surface area contributed by atoms with Crippen molar-refractivity contribution in [2.24, 2.45) is 0 Å². The van der Waals surface area contributed by atoms with E-state index in [2.05, 4.69) is 10.3 Å². The first-order chi connectivity index (χ1) is 17.4. The molecule has 0 aliphatic rings.